The van der Waals surface area contributed by atoms with E-state index in [1.54, 1.807) is 48.4 Å². The van der Waals surface area contributed by atoms with E-state index in [-0.39, 0.29) is 12.7 Å². The molecule has 1 aliphatic heterocycles. The number of nitrogens with zero attached hydrogens (tertiary/aromatic N) is 1. The molecule has 6 heteroatoms. The van der Waals surface area contributed by atoms with Crippen LogP contribution >= 0.6 is 0 Å². The molecule has 1 fully saturated rings. The summed E-state index contributed by atoms with van der Waals surface area (Å²) < 4.78 is 16.1. The highest BCUT2D eigenvalue weighted by molar-refractivity contribution is 5.89. The number of rotatable bonds is 6. The smallest absolute Gasteiger partial charge is 0.414 e. The first-order chi connectivity index (χ1) is 11.7. The normalized spacial score (nSPS) is 16.6. The highest BCUT2D eigenvalue weighted by Gasteiger charge is 2.32. The van der Waals surface area contributed by atoms with Gasteiger partial charge >= 0.3 is 6.09 Å². The van der Waals surface area contributed by atoms with Gasteiger partial charge in [0.2, 0.25) is 0 Å². The Kier molecular flexibility index (Phi) is 4.65. The molecule has 2 aromatic carbocycles. The number of carbonyl (C=O) groups is 2. The molecule has 0 saturated carbocycles. The van der Waals surface area contributed by atoms with E-state index in [0.29, 0.717) is 17.9 Å². The number of anilines is 1. The SMILES string of the molecule is COc1ccc(N2CC(COc3ccc(C=O)cc3)OC2=O)cc1. The fraction of sp³-hybridized carbons (Fsp3) is 0.222. The Balaban J connectivity index is 1.58. The lowest BCUT2D eigenvalue weighted by Gasteiger charge is -2.13. The summed E-state index contributed by atoms with van der Waals surface area (Å²) in [5, 5.41) is 0. The molecule has 0 bridgehead atoms. The molecule has 0 N–H and O–H groups in total. The van der Waals surface area contributed by atoms with Crippen molar-refractivity contribution in [3.05, 3.63) is 54.1 Å². The molecular weight excluding hydrogens is 310 g/mol. The van der Waals surface area contributed by atoms with Crippen LogP contribution in [0.4, 0.5) is 10.5 Å². The summed E-state index contributed by atoms with van der Waals surface area (Å²) in [4.78, 5) is 24.2. The zero-order valence-electron chi connectivity index (χ0n) is 13.2. The van der Waals surface area contributed by atoms with Gasteiger partial charge in [0, 0.05) is 11.3 Å². The van der Waals surface area contributed by atoms with Crippen LogP contribution in [0.2, 0.25) is 0 Å². The van der Waals surface area contributed by atoms with Crippen LogP contribution in [0.1, 0.15) is 10.4 Å². The molecule has 0 radical (unpaired) electrons. The molecule has 1 heterocycles. The Morgan fingerprint density at radius 3 is 2.42 bits per heavy atom. The Morgan fingerprint density at radius 1 is 1.12 bits per heavy atom. The molecule has 0 aliphatic carbocycles. The number of aldehydes is 1. The molecule has 0 aromatic heterocycles. The second kappa shape index (κ2) is 7.04. The minimum atomic E-state index is -0.398. The van der Waals surface area contributed by atoms with Crippen LogP contribution in [-0.4, -0.2) is 38.7 Å². The first kappa shape index (κ1) is 15.9. The number of amides is 1. The van der Waals surface area contributed by atoms with Gasteiger partial charge in [-0.3, -0.25) is 9.69 Å². The predicted molar refractivity (Wildman–Crippen MR) is 87.9 cm³/mol. The van der Waals surface area contributed by atoms with Crippen molar-refractivity contribution in [2.45, 2.75) is 6.10 Å². The number of methoxy groups -OCH3 is 1. The second-order valence-corrected chi connectivity index (χ2v) is 5.31. The van der Waals surface area contributed by atoms with Crippen LogP contribution in [0.15, 0.2) is 48.5 Å². The van der Waals surface area contributed by atoms with Gasteiger partial charge < -0.3 is 14.2 Å². The van der Waals surface area contributed by atoms with E-state index in [1.165, 1.54) is 0 Å². The van der Waals surface area contributed by atoms with Gasteiger partial charge in [0.1, 0.15) is 24.4 Å². The molecule has 6 nitrogen and oxygen atoms in total. The number of ether oxygens (including phenoxy) is 3. The third-order valence-electron chi connectivity index (χ3n) is 3.71. The minimum absolute atomic E-state index is 0.249. The van der Waals surface area contributed by atoms with E-state index in [1.807, 2.05) is 12.1 Å². The van der Waals surface area contributed by atoms with Crippen LogP contribution in [0.3, 0.4) is 0 Å². The van der Waals surface area contributed by atoms with Crippen molar-refractivity contribution in [2.75, 3.05) is 25.2 Å². The minimum Gasteiger partial charge on any atom is -0.497 e. The molecule has 1 unspecified atom stereocenters. The van der Waals surface area contributed by atoms with Crippen LogP contribution in [0.25, 0.3) is 0 Å². The molecule has 0 spiro atoms. The Bertz CT molecular complexity index is 711. The van der Waals surface area contributed by atoms with Gasteiger partial charge in [-0.2, -0.15) is 0 Å². The van der Waals surface area contributed by atoms with Gasteiger partial charge in [-0.25, -0.2) is 4.79 Å². The maximum atomic E-state index is 12.0. The van der Waals surface area contributed by atoms with Crippen LogP contribution in [0.5, 0.6) is 11.5 Å². The number of hydrogen-bond acceptors (Lipinski definition) is 5. The fourth-order valence-corrected chi connectivity index (χ4v) is 2.41. The van der Waals surface area contributed by atoms with Crippen molar-refractivity contribution in [3.8, 4) is 11.5 Å². The molecule has 1 amide bonds. The molecule has 1 saturated heterocycles. The molecule has 3 rings (SSSR count). The number of carbonyl (C=O) groups excluding carboxylic acids is 2. The van der Waals surface area contributed by atoms with E-state index in [9.17, 15) is 9.59 Å². The summed E-state index contributed by atoms with van der Waals surface area (Å²) in [5.74, 6) is 1.35. The van der Waals surface area contributed by atoms with E-state index in [2.05, 4.69) is 0 Å². The van der Waals surface area contributed by atoms with Gasteiger partial charge in [0.25, 0.3) is 0 Å². The van der Waals surface area contributed by atoms with Crippen molar-refractivity contribution in [1.82, 2.24) is 0 Å². The maximum Gasteiger partial charge on any atom is 0.414 e. The monoisotopic (exact) mass is 327 g/mol. The van der Waals surface area contributed by atoms with Crippen molar-refractivity contribution in [2.24, 2.45) is 0 Å². The first-order valence-electron chi connectivity index (χ1n) is 7.50. The van der Waals surface area contributed by atoms with E-state index in [0.717, 1.165) is 17.7 Å². The zero-order chi connectivity index (χ0) is 16.9. The first-order valence-corrected chi connectivity index (χ1v) is 7.50. The van der Waals surface area contributed by atoms with Gasteiger partial charge in [0.05, 0.1) is 13.7 Å². The van der Waals surface area contributed by atoms with Gasteiger partial charge in [0.15, 0.2) is 6.10 Å². The summed E-state index contributed by atoms with van der Waals surface area (Å²) in [5.41, 5.74) is 1.33. The molecular formula is C18H17NO5. The van der Waals surface area contributed by atoms with Gasteiger partial charge in [-0.05, 0) is 48.5 Å². The summed E-state index contributed by atoms with van der Waals surface area (Å²) in [6.45, 7) is 0.663. The van der Waals surface area contributed by atoms with Crippen LogP contribution in [0, 0.1) is 0 Å². The maximum absolute atomic E-state index is 12.0. The quantitative estimate of drug-likeness (QED) is 0.763. The number of cyclic esters (lactones) is 1. The highest BCUT2D eigenvalue weighted by atomic mass is 16.6. The van der Waals surface area contributed by atoms with Crippen LogP contribution in [-0.2, 0) is 4.74 Å². The average Bonchev–Trinajstić information content (AvgIpc) is 3.01. The molecule has 124 valence electrons. The Hall–Kier alpha value is -3.02. The highest BCUT2D eigenvalue weighted by Crippen LogP contribution is 2.24. The van der Waals surface area contributed by atoms with E-state index < -0.39 is 6.09 Å². The number of hydrogen-bond donors (Lipinski definition) is 0. The summed E-state index contributed by atoms with van der Waals surface area (Å²) in [6, 6.07) is 14.0. The third kappa shape index (κ3) is 3.48. The molecule has 2 aromatic rings. The zero-order valence-corrected chi connectivity index (χ0v) is 13.2. The predicted octanol–water partition coefficient (Wildman–Crippen LogP) is 2.91. The van der Waals surface area contributed by atoms with Crippen molar-refractivity contribution < 1.29 is 23.8 Å². The third-order valence-corrected chi connectivity index (χ3v) is 3.71. The lowest BCUT2D eigenvalue weighted by Crippen LogP contribution is -2.26. The topological polar surface area (TPSA) is 65.1 Å². The number of benzene rings is 2. The summed E-state index contributed by atoms with van der Waals surface area (Å²) in [6.07, 6.45) is 0.0188. The van der Waals surface area contributed by atoms with Crippen molar-refractivity contribution in [3.63, 3.8) is 0 Å². The summed E-state index contributed by atoms with van der Waals surface area (Å²) >= 11 is 0. The lowest BCUT2D eigenvalue weighted by atomic mass is 10.2. The second-order valence-electron chi connectivity index (χ2n) is 5.31. The van der Waals surface area contributed by atoms with Crippen molar-refractivity contribution >= 4 is 18.1 Å². The van der Waals surface area contributed by atoms with E-state index >= 15 is 0 Å². The van der Waals surface area contributed by atoms with Crippen molar-refractivity contribution in [1.29, 1.82) is 0 Å². The van der Waals surface area contributed by atoms with E-state index in [4.69, 9.17) is 14.2 Å². The van der Waals surface area contributed by atoms with Gasteiger partial charge in [-0.15, -0.1) is 0 Å². The molecule has 1 atom stereocenters. The largest absolute Gasteiger partial charge is 0.497 e. The molecule has 24 heavy (non-hydrogen) atoms. The van der Waals surface area contributed by atoms with Crippen LogP contribution < -0.4 is 14.4 Å². The Morgan fingerprint density at radius 2 is 1.79 bits per heavy atom. The molecule has 1 aliphatic rings. The summed E-state index contributed by atoms with van der Waals surface area (Å²) in [7, 11) is 1.59. The lowest BCUT2D eigenvalue weighted by molar-refractivity contribution is 0.105. The van der Waals surface area contributed by atoms with Gasteiger partial charge in [-0.1, -0.05) is 0 Å². The Labute approximate surface area is 139 Å². The average molecular weight is 327 g/mol. The standard InChI is InChI=1S/C18H17NO5/c1-22-15-8-4-14(5-9-15)19-10-17(24-18(19)21)12-23-16-6-2-13(11-20)3-7-16/h2-9,11,17H,10,12H2,1H3. The fourth-order valence-electron chi connectivity index (χ4n) is 2.41.